The summed E-state index contributed by atoms with van der Waals surface area (Å²) >= 11 is 6.42. The maximum Gasteiger partial charge on any atom is 0.303 e. The number of hydrogen-bond donors (Lipinski definition) is 1. The van der Waals surface area contributed by atoms with Gasteiger partial charge in [0, 0.05) is 33.3 Å². The summed E-state index contributed by atoms with van der Waals surface area (Å²) in [5.41, 5.74) is 0.959. The van der Waals surface area contributed by atoms with Crippen molar-refractivity contribution in [2.75, 3.05) is 20.6 Å². The summed E-state index contributed by atoms with van der Waals surface area (Å²) in [5, 5.41) is 8.61. The van der Waals surface area contributed by atoms with Gasteiger partial charge in [0.05, 0.1) is 4.91 Å². The van der Waals surface area contributed by atoms with E-state index in [0.717, 1.165) is 5.57 Å². The minimum atomic E-state index is -0.865. The lowest BCUT2D eigenvalue weighted by Crippen LogP contribution is -2.29. The molecule has 110 valence electrons. The Kier molecular flexibility index (Phi) is 6.22. The summed E-state index contributed by atoms with van der Waals surface area (Å²) in [4.78, 5) is 26.6. The van der Waals surface area contributed by atoms with E-state index in [1.807, 2.05) is 32.1 Å². The normalized spacial score (nSPS) is 18.1. The molecule has 0 atom stereocenters. The first-order chi connectivity index (χ1) is 9.31. The van der Waals surface area contributed by atoms with Gasteiger partial charge in [-0.15, -0.1) is 0 Å². The van der Waals surface area contributed by atoms with E-state index in [4.69, 9.17) is 17.3 Å². The number of aliphatic carboxylic acids is 1. The molecule has 7 heteroatoms. The Hall–Kier alpha value is -1.34. The second-order valence-corrected chi connectivity index (χ2v) is 6.34. The molecule has 1 saturated heterocycles. The summed E-state index contributed by atoms with van der Waals surface area (Å²) in [6.07, 6.45) is 4.16. The van der Waals surface area contributed by atoms with Gasteiger partial charge >= 0.3 is 5.97 Å². The number of allylic oxidation sites excluding steroid dienone is 2. The predicted molar refractivity (Wildman–Crippen MR) is 84.3 cm³/mol. The Morgan fingerprint density at radius 2 is 2.15 bits per heavy atom. The van der Waals surface area contributed by atoms with Crippen LogP contribution in [0.3, 0.4) is 0 Å². The molecular weight excluding hydrogens is 296 g/mol. The molecule has 0 aromatic heterocycles. The molecule has 1 amide bonds. The van der Waals surface area contributed by atoms with Gasteiger partial charge < -0.3 is 10.0 Å². The van der Waals surface area contributed by atoms with Crippen LogP contribution in [-0.2, 0) is 9.59 Å². The van der Waals surface area contributed by atoms with Gasteiger partial charge in [0.15, 0.2) is 0 Å². The highest BCUT2D eigenvalue weighted by Crippen LogP contribution is 2.31. The SMILES string of the molecule is CC(/C=C1\SC(=S)N(CCCC(=O)O)C1=O)=C\N(C)C. The summed E-state index contributed by atoms with van der Waals surface area (Å²) in [6, 6.07) is 0. The monoisotopic (exact) mass is 314 g/mol. The van der Waals surface area contributed by atoms with Crippen LogP contribution >= 0.6 is 24.0 Å². The molecule has 1 aliphatic heterocycles. The largest absolute Gasteiger partial charge is 0.481 e. The Morgan fingerprint density at radius 1 is 1.50 bits per heavy atom. The third-order valence-corrected chi connectivity index (χ3v) is 3.84. The molecule has 0 unspecified atom stereocenters. The van der Waals surface area contributed by atoms with Gasteiger partial charge in [-0.05, 0) is 25.0 Å². The number of rotatable bonds is 6. The van der Waals surface area contributed by atoms with Crippen LogP contribution in [0.2, 0.25) is 0 Å². The number of amides is 1. The molecule has 0 aromatic rings. The van der Waals surface area contributed by atoms with Crippen molar-refractivity contribution in [3.8, 4) is 0 Å². The Bertz CT molecular complexity index is 484. The first-order valence-electron chi connectivity index (χ1n) is 6.13. The predicted octanol–water partition coefficient (Wildman–Crippen LogP) is 2.06. The zero-order valence-corrected chi connectivity index (χ0v) is 13.4. The molecule has 0 radical (unpaired) electrons. The maximum atomic E-state index is 12.2. The summed E-state index contributed by atoms with van der Waals surface area (Å²) < 4.78 is 0.490. The molecule has 5 nitrogen and oxygen atoms in total. The van der Waals surface area contributed by atoms with E-state index in [1.165, 1.54) is 16.7 Å². The quantitative estimate of drug-likeness (QED) is 0.598. The molecule has 1 fully saturated rings. The highest BCUT2D eigenvalue weighted by molar-refractivity contribution is 8.26. The molecule has 0 spiro atoms. The zero-order chi connectivity index (χ0) is 15.3. The first kappa shape index (κ1) is 16.7. The number of carboxylic acids is 1. The molecule has 1 N–H and O–H groups in total. The fourth-order valence-electron chi connectivity index (χ4n) is 1.73. The molecular formula is C13H18N2O3S2. The second-order valence-electron chi connectivity index (χ2n) is 4.67. The number of carboxylic acid groups (broad SMARTS) is 1. The van der Waals surface area contributed by atoms with Crippen LogP contribution in [0.25, 0.3) is 0 Å². The molecule has 1 aliphatic rings. The lowest BCUT2D eigenvalue weighted by molar-refractivity contribution is -0.137. The number of thiocarbonyl (C=S) groups is 1. The van der Waals surface area contributed by atoms with Crippen LogP contribution in [0.15, 0.2) is 22.8 Å². The Morgan fingerprint density at radius 3 is 2.70 bits per heavy atom. The topological polar surface area (TPSA) is 60.9 Å². The van der Waals surface area contributed by atoms with E-state index in [9.17, 15) is 9.59 Å². The minimum absolute atomic E-state index is 0.0374. The average molecular weight is 314 g/mol. The Balaban J connectivity index is 2.71. The van der Waals surface area contributed by atoms with Gasteiger partial charge in [-0.1, -0.05) is 24.0 Å². The summed E-state index contributed by atoms with van der Waals surface area (Å²) in [7, 11) is 3.82. The smallest absolute Gasteiger partial charge is 0.303 e. The van der Waals surface area contributed by atoms with Crippen molar-refractivity contribution >= 4 is 40.2 Å². The number of carbonyl (C=O) groups excluding carboxylic acids is 1. The summed E-state index contributed by atoms with van der Waals surface area (Å²) in [6.45, 7) is 2.27. The number of thioether (sulfide) groups is 1. The van der Waals surface area contributed by atoms with Gasteiger partial charge in [-0.3, -0.25) is 14.5 Å². The van der Waals surface area contributed by atoms with Crippen molar-refractivity contribution in [2.24, 2.45) is 0 Å². The van der Waals surface area contributed by atoms with E-state index in [-0.39, 0.29) is 12.3 Å². The highest BCUT2D eigenvalue weighted by Gasteiger charge is 2.31. The van der Waals surface area contributed by atoms with Crippen LogP contribution in [0, 0.1) is 0 Å². The standard InChI is InChI=1S/C13H18N2O3S2/c1-9(8-14(2)3)7-10-12(18)15(13(19)20-10)6-4-5-11(16)17/h7-8H,4-6H2,1-3H3,(H,16,17)/b9-8+,10-7-. The average Bonchev–Trinajstić information content (AvgIpc) is 2.55. The van der Waals surface area contributed by atoms with E-state index in [1.54, 1.807) is 6.08 Å². The van der Waals surface area contributed by atoms with Crippen LogP contribution in [-0.4, -0.2) is 51.7 Å². The first-order valence-corrected chi connectivity index (χ1v) is 7.35. The minimum Gasteiger partial charge on any atom is -0.481 e. The van der Waals surface area contributed by atoms with E-state index >= 15 is 0 Å². The van der Waals surface area contributed by atoms with Crippen molar-refractivity contribution in [3.05, 3.63) is 22.8 Å². The van der Waals surface area contributed by atoms with Crippen LogP contribution in [0.1, 0.15) is 19.8 Å². The molecule has 1 heterocycles. The molecule has 0 aromatic carbocycles. The molecule has 0 aliphatic carbocycles. The highest BCUT2D eigenvalue weighted by atomic mass is 32.2. The third kappa shape index (κ3) is 4.97. The van der Waals surface area contributed by atoms with E-state index < -0.39 is 5.97 Å². The third-order valence-electron chi connectivity index (χ3n) is 2.47. The van der Waals surface area contributed by atoms with E-state index in [2.05, 4.69) is 0 Å². The van der Waals surface area contributed by atoms with Crippen molar-refractivity contribution in [1.29, 1.82) is 0 Å². The van der Waals surface area contributed by atoms with Gasteiger partial charge in [0.1, 0.15) is 4.32 Å². The molecule has 0 saturated carbocycles. The van der Waals surface area contributed by atoms with Crippen LogP contribution in [0.5, 0.6) is 0 Å². The fourth-order valence-corrected chi connectivity index (χ4v) is 3.09. The zero-order valence-electron chi connectivity index (χ0n) is 11.8. The van der Waals surface area contributed by atoms with E-state index in [0.29, 0.717) is 22.2 Å². The lowest BCUT2D eigenvalue weighted by atomic mass is 10.2. The summed E-state index contributed by atoms with van der Waals surface area (Å²) in [5.74, 6) is -1.01. The van der Waals surface area contributed by atoms with Crippen molar-refractivity contribution in [1.82, 2.24) is 9.80 Å². The van der Waals surface area contributed by atoms with Crippen molar-refractivity contribution in [3.63, 3.8) is 0 Å². The van der Waals surface area contributed by atoms with Gasteiger partial charge in [0.25, 0.3) is 5.91 Å². The van der Waals surface area contributed by atoms with Crippen LogP contribution in [0.4, 0.5) is 0 Å². The molecule has 0 bridgehead atoms. The maximum absolute atomic E-state index is 12.2. The van der Waals surface area contributed by atoms with Gasteiger partial charge in [-0.2, -0.15) is 0 Å². The lowest BCUT2D eigenvalue weighted by Gasteiger charge is -2.13. The van der Waals surface area contributed by atoms with Crippen molar-refractivity contribution < 1.29 is 14.7 Å². The fraction of sp³-hybridized carbons (Fsp3) is 0.462. The van der Waals surface area contributed by atoms with Gasteiger partial charge in [-0.25, -0.2) is 0 Å². The van der Waals surface area contributed by atoms with Gasteiger partial charge in [0.2, 0.25) is 0 Å². The molecule has 20 heavy (non-hydrogen) atoms. The Labute approximate surface area is 128 Å². The number of carbonyl (C=O) groups is 2. The second kappa shape index (κ2) is 7.44. The van der Waals surface area contributed by atoms with Crippen LogP contribution < -0.4 is 0 Å². The number of hydrogen-bond acceptors (Lipinski definition) is 5. The molecule has 1 rings (SSSR count). The number of nitrogens with zero attached hydrogens (tertiary/aromatic N) is 2. The van der Waals surface area contributed by atoms with Crippen molar-refractivity contribution in [2.45, 2.75) is 19.8 Å².